The van der Waals surface area contributed by atoms with Gasteiger partial charge in [0.25, 0.3) is 5.91 Å². The van der Waals surface area contributed by atoms with Crippen LogP contribution in [0.4, 0.5) is 5.95 Å². The first-order valence-corrected chi connectivity index (χ1v) is 7.25. The number of carbonyl (C=O) groups excluding carboxylic acids is 2. The zero-order chi connectivity index (χ0) is 16.2. The normalized spacial score (nSPS) is 11.9. The number of hydrogen-bond acceptors (Lipinski definition) is 3. The van der Waals surface area contributed by atoms with Crippen molar-refractivity contribution in [2.45, 2.75) is 13.0 Å². The summed E-state index contributed by atoms with van der Waals surface area (Å²) in [5, 5.41) is 5.32. The number of anilines is 1. The Labute approximate surface area is 132 Å². The predicted octanol–water partition coefficient (Wildman–Crippen LogP) is 2.32. The van der Waals surface area contributed by atoms with Gasteiger partial charge in [-0.15, -0.1) is 0 Å². The first-order valence-electron chi connectivity index (χ1n) is 7.25. The highest BCUT2D eigenvalue weighted by Crippen LogP contribution is 2.13. The zero-order valence-corrected chi connectivity index (χ0v) is 12.5. The van der Waals surface area contributed by atoms with Gasteiger partial charge in [0, 0.05) is 5.56 Å². The van der Waals surface area contributed by atoms with Crippen LogP contribution in [0.2, 0.25) is 0 Å². The average molecular weight is 308 g/mol. The van der Waals surface area contributed by atoms with Crippen LogP contribution in [0.3, 0.4) is 0 Å². The van der Waals surface area contributed by atoms with Gasteiger partial charge in [0.2, 0.25) is 11.9 Å². The number of H-pyrrole nitrogens is 1. The summed E-state index contributed by atoms with van der Waals surface area (Å²) in [5.74, 6) is -0.275. The lowest BCUT2D eigenvalue weighted by Crippen LogP contribution is -2.41. The smallest absolute Gasteiger partial charge is 0.251 e. The van der Waals surface area contributed by atoms with Crippen LogP contribution in [0.1, 0.15) is 17.3 Å². The highest BCUT2D eigenvalue weighted by atomic mass is 16.2. The molecule has 1 heterocycles. The molecule has 1 aromatic heterocycles. The van der Waals surface area contributed by atoms with Crippen LogP contribution in [-0.4, -0.2) is 27.8 Å². The summed E-state index contributed by atoms with van der Waals surface area (Å²) in [4.78, 5) is 31.5. The molecule has 3 N–H and O–H groups in total. The van der Waals surface area contributed by atoms with Crippen LogP contribution in [0.5, 0.6) is 0 Å². The summed E-state index contributed by atoms with van der Waals surface area (Å²) in [6.07, 6.45) is 0. The summed E-state index contributed by atoms with van der Waals surface area (Å²) >= 11 is 0. The molecule has 0 aliphatic carbocycles. The van der Waals surface area contributed by atoms with Gasteiger partial charge in [-0.1, -0.05) is 30.3 Å². The maximum absolute atomic E-state index is 12.2. The summed E-state index contributed by atoms with van der Waals surface area (Å²) in [6.45, 7) is 1.62. The molecular weight excluding hydrogens is 292 g/mol. The quantitative estimate of drug-likeness (QED) is 0.691. The van der Waals surface area contributed by atoms with Crippen molar-refractivity contribution in [3.63, 3.8) is 0 Å². The molecule has 23 heavy (non-hydrogen) atoms. The second-order valence-electron chi connectivity index (χ2n) is 5.15. The average Bonchev–Trinajstić information content (AvgIpc) is 2.97. The highest BCUT2D eigenvalue weighted by Gasteiger charge is 2.17. The van der Waals surface area contributed by atoms with Gasteiger partial charge in [0.1, 0.15) is 6.04 Å². The van der Waals surface area contributed by atoms with Crippen molar-refractivity contribution in [1.29, 1.82) is 0 Å². The molecule has 3 rings (SSSR count). The Balaban J connectivity index is 1.64. The fourth-order valence-electron chi connectivity index (χ4n) is 2.17. The fraction of sp³-hybridized carbons (Fsp3) is 0.118. The van der Waals surface area contributed by atoms with E-state index >= 15 is 0 Å². The van der Waals surface area contributed by atoms with Gasteiger partial charge < -0.3 is 10.3 Å². The molecular formula is C17H16N4O2. The van der Waals surface area contributed by atoms with Gasteiger partial charge in [-0.2, -0.15) is 0 Å². The molecule has 1 atom stereocenters. The van der Waals surface area contributed by atoms with Crippen molar-refractivity contribution in [3.05, 3.63) is 60.2 Å². The molecule has 0 spiro atoms. The van der Waals surface area contributed by atoms with Gasteiger partial charge in [-0.05, 0) is 31.2 Å². The molecule has 0 bridgehead atoms. The first kappa shape index (κ1) is 14.8. The van der Waals surface area contributed by atoms with E-state index in [-0.39, 0.29) is 11.8 Å². The van der Waals surface area contributed by atoms with E-state index in [9.17, 15) is 9.59 Å². The number of para-hydroxylation sites is 2. The van der Waals surface area contributed by atoms with Gasteiger partial charge in [-0.3, -0.25) is 14.9 Å². The third kappa shape index (κ3) is 3.37. The summed E-state index contributed by atoms with van der Waals surface area (Å²) in [6, 6.07) is 15.6. The van der Waals surface area contributed by atoms with Gasteiger partial charge in [0.05, 0.1) is 11.0 Å². The summed E-state index contributed by atoms with van der Waals surface area (Å²) in [5.41, 5.74) is 2.11. The Hall–Kier alpha value is -3.15. The standard InChI is InChI=1S/C17H16N4O2/c1-11(18-16(23)12-7-3-2-4-8-12)15(22)21-17-19-13-9-5-6-10-14(13)20-17/h2-11H,1H3,(H,18,23)(H2,19,20,21,22). The van der Waals surface area contributed by atoms with Gasteiger partial charge >= 0.3 is 0 Å². The lowest BCUT2D eigenvalue weighted by atomic mass is 10.2. The van der Waals surface area contributed by atoms with E-state index in [2.05, 4.69) is 20.6 Å². The number of aromatic nitrogens is 2. The van der Waals surface area contributed by atoms with Crippen LogP contribution < -0.4 is 10.6 Å². The van der Waals surface area contributed by atoms with Crippen LogP contribution in [-0.2, 0) is 4.79 Å². The Morgan fingerprint density at radius 3 is 2.48 bits per heavy atom. The summed E-state index contributed by atoms with van der Waals surface area (Å²) in [7, 11) is 0. The minimum absolute atomic E-state index is 0.294. The molecule has 6 heteroatoms. The molecule has 0 saturated heterocycles. The van der Waals surface area contributed by atoms with Crippen LogP contribution >= 0.6 is 0 Å². The highest BCUT2D eigenvalue weighted by molar-refractivity contribution is 6.00. The zero-order valence-electron chi connectivity index (χ0n) is 12.5. The number of benzene rings is 2. The molecule has 0 aliphatic rings. The van der Waals surface area contributed by atoms with Gasteiger partial charge in [0.15, 0.2) is 0 Å². The van der Waals surface area contributed by atoms with E-state index in [1.54, 1.807) is 31.2 Å². The molecule has 2 aromatic carbocycles. The SMILES string of the molecule is CC(NC(=O)c1ccccc1)C(=O)Nc1nc2ccccc2[nH]1. The topological polar surface area (TPSA) is 86.9 Å². The molecule has 3 aromatic rings. The van der Waals surface area contributed by atoms with E-state index < -0.39 is 6.04 Å². The fourth-order valence-corrected chi connectivity index (χ4v) is 2.17. The van der Waals surface area contributed by atoms with Crippen LogP contribution in [0, 0.1) is 0 Å². The number of nitrogens with zero attached hydrogens (tertiary/aromatic N) is 1. The number of nitrogens with one attached hydrogen (secondary N) is 3. The first-order chi connectivity index (χ1) is 11.1. The minimum atomic E-state index is -0.684. The van der Waals surface area contributed by atoms with E-state index in [4.69, 9.17) is 0 Å². The van der Waals surface area contributed by atoms with Crippen LogP contribution in [0.25, 0.3) is 11.0 Å². The molecule has 6 nitrogen and oxygen atoms in total. The monoisotopic (exact) mass is 308 g/mol. The number of fused-ring (bicyclic) bond motifs is 1. The molecule has 0 radical (unpaired) electrons. The lowest BCUT2D eigenvalue weighted by Gasteiger charge is -2.13. The number of rotatable bonds is 4. The summed E-state index contributed by atoms with van der Waals surface area (Å²) < 4.78 is 0. The number of hydrogen-bond donors (Lipinski definition) is 3. The number of imidazole rings is 1. The number of aromatic amines is 1. The number of amides is 2. The van der Waals surface area contributed by atoms with E-state index in [1.165, 1.54) is 0 Å². The van der Waals surface area contributed by atoms with E-state index in [0.29, 0.717) is 11.5 Å². The molecule has 0 saturated carbocycles. The minimum Gasteiger partial charge on any atom is -0.341 e. The maximum Gasteiger partial charge on any atom is 0.251 e. The predicted molar refractivity (Wildman–Crippen MR) is 88.1 cm³/mol. The van der Waals surface area contributed by atoms with E-state index in [0.717, 1.165) is 11.0 Å². The van der Waals surface area contributed by atoms with Gasteiger partial charge in [-0.25, -0.2) is 4.98 Å². The number of carbonyl (C=O) groups is 2. The lowest BCUT2D eigenvalue weighted by molar-refractivity contribution is -0.117. The Morgan fingerprint density at radius 2 is 1.74 bits per heavy atom. The third-order valence-electron chi connectivity index (χ3n) is 3.41. The molecule has 2 amide bonds. The second kappa shape index (κ2) is 6.31. The van der Waals surface area contributed by atoms with Crippen LogP contribution in [0.15, 0.2) is 54.6 Å². The Kier molecular flexibility index (Phi) is 4.05. The largest absolute Gasteiger partial charge is 0.341 e. The van der Waals surface area contributed by atoms with Crippen molar-refractivity contribution in [2.24, 2.45) is 0 Å². The Morgan fingerprint density at radius 1 is 1.04 bits per heavy atom. The molecule has 1 unspecified atom stereocenters. The van der Waals surface area contributed by atoms with Crippen molar-refractivity contribution in [2.75, 3.05) is 5.32 Å². The van der Waals surface area contributed by atoms with Crippen molar-refractivity contribution in [3.8, 4) is 0 Å². The third-order valence-corrected chi connectivity index (χ3v) is 3.41. The maximum atomic E-state index is 12.2. The second-order valence-corrected chi connectivity index (χ2v) is 5.15. The van der Waals surface area contributed by atoms with Crippen molar-refractivity contribution >= 4 is 28.8 Å². The van der Waals surface area contributed by atoms with E-state index in [1.807, 2.05) is 30.3 Å². The van der Waals surface area contributed by atoms with Crippen molar-refractivity contribution in [1.82, 2.24) is 15.3 Å². The molecule has 0 fully saturated rings. The van der Waals surface area contributed by atoms with Crippen molar-refractivity contribution < 1.29 is 9.59 Å². The Bertz CT molecular complexity index is 809. The molecule has 0 aliphatic heterocycles. The molecule has 116 valence electrons.